The van der Waals surface area contributed by atoms with Crippen LogP contribution >= 0.6 is 22.9 Å². The van der Waals surface area contributed by atoms with Gasteiger partial charge >= 0.3 is 0 Å². The standard InChI is InChI=1S/C19H19ClFN3O3S2/c20-17-4-2-13(28-17)7-10-29(26,27)23-15-6-9-24(19(15)25)16-3-1-12-11-22-8-5-14(12)18(16)21/h1-4,7,10,15,22-23H,5-6,8-9,11H2/b10-7+. The highest BCUT2D eigenvalue weighted by Crippen LogP contribution is 2.30. The predicted octanol–water partition coefficient (Wildman–Crippen LogP) is 2.88. The molecule has 29 heavy (non-hydrogen) atoms. The molecule has 2 aliphatic rings. The second-order valence-corrected chi connectivity index (χ2v) is 10.2. The zero-order chi connectivity index (χ0) is 20.6. The van der Waals surface area contributed by atoms with E-state index in [0.29, 0.717) is 34.3 Å². The summed E-state index contributed by atoms with van der Waals surface area (Å²) >= 11 is 7.08. The maximum atomic E-state index is 15.0. The molecule has 2 aliphatic heterocycles. The third-order valence-electron chi connectivity index (χ3n) is 5.00. The van der Waals surface area contributed by atoms with E-state index in [2.05, 4.69) is 10.0 Å². The van der Waals surface area contributed by atoms with Gasteiger partial charge in [0.25, 0.3) is 0 Å². The van der Waals surface area contributed by atoms with Gasteiger partial charge in [0.2, 0.25) is 15.9 Å². The molecule has 0 saturated carbocycles. The largest absolute Gasteiger partial charge is 0.312 e. The molecule has 1 fully saturated rings. The Labute approximate surface area is 177 Å². The molecule has 1 aromatic heterocycles. The molecular formula is C19H19ClFN3O3S2. The van der Waals surface area contributed by atoms with Crippen LogP contribution in [0.25, 0.3) is 6.08 Å². The van der Waals surface area contributed by atoms with Crippen molar-refractivity contribution in [2.45, 2.75) is 25.4 Å². The molecule has 0 spiro atoms. The Bertz CT molecular complexity index is 1080. The lowest BCUT2D eigenvalue weighted by atomic mass is 9.99. The predicted molar refractivity (Wildman–Crippen MR) is 113 cm³/mol. The van der Waals surface area contributed by atoms with Gasteiger partial charge in [0.15, 0.2) is 0 Å². The minimum Gasteiger partial charge on any atom is -0.312 e. The highest BCUT2D eigenvalue weighted by Gasteiger charge is 2.36. The molecule has 0 aliphatic carbocycles. The Morgan fingerprint density at radius 1 is 1.31 bits per heavy atom. The quantitative estimate of drug-likeness (QED) is 0.726. The second kappa shape index (κ2) is 8.16. The number of thiophene rings is 1. The number of anilines is 1. The van der Waals surface area contributed by atoms with Crippen molar-refractivity contribution in [1.29, 1.82) is 0 Å². The number of carbonyl (C=O) groups excluding carboxylic acids is 1. The molecule has 4 rings (SSSR count). The summed E-state index contributed by atoms with van der Waals surface area (Å²) in [5, 5.41) is 4.20. The van der Waals surface area contributed by atoms with Gasteiger partial charge in [-0.25, -0.2) is 12.8 Å². The smallest absolute Gasteiger partial charge is 0.245 e. The molecule has 10 heteroatoms. The van der Waals surface area contributed by atoms with E-state index in [-0.39, 0.29) is 18.7 Å². The summed E-state index contributed by atoms with van der Waals surface area (Å²) in [6.07, 6.45) is 2.26. The lowest BCUT2D eigenvalue weighted by Gasteiger charge is -2.23. The third-order valence-corrected chi connectivity index (χ3v) is 7.30. The van der Waals surface area contributed by atoms with E-state index in [4.69, 9.17) is 11.6 Å². The summed E-state index contributed by atoms with van der Waals surface area (Å²) in [6.45, 7) is 1.54. The Morgan fingerprint density at radius 2 is 2.14 bits per heavy atom. The Kier molecular flexibility index (Phi) is 5.76. The normalized spacial score (nSPS) is 19.9. The fourth-order valence-corrected chi connectivity index (χ4v) is 5.64. The summed E-state index contributed by atoms with van der Waals surface area (Å²) in [5.41, 5.74) is 1.72. The average molecular weight is 456 g/mol. The zero-order valence-electron chi connectivity index (χ0n) is 15.3. The maximum Gasteiger partial charge on any atom is 0.245 e. The number of hydrogen-bond acceptors (Lipinski definition) is 5. The minimum atomic E-state index is -3.83. The van der Waals surface area contributed by atoms with Gasteiger partial charge in [-0.15, -0.1) is 11.3 Å². The summed E-state index contributed by atoms with van der Waals surface area (Å²) in [7, 11) is -3.83. The van der Waals surface area contributed by atoms with Crippen LogP contribution in [-0.2, 0) is 27.8 Å². The maximum absolute atomic E-state index is 15.0. The van der Waals surface area contributed by atoms with Gasteiger partial charge in [0, 0.05) is 23.4 Å². The van der Waals surface area contributed by atoms with Crippen LogP contribution in [0.4, 0.5) is 10.1 Å². The van der Waals surface area contributed by atoms with Crippen molar-refractivity contribution in [1.82, 2.24) is 10.0 Å². The molecular weight excluding hydrogens is 437 g/mol. The molecule has 0 radical (unpaired) electrons. The van der Waals surface area contributed by atoms with Crippen LogP contribution in [0.3, 0.4) is 0 Å². The first-order chi connectivity index (χ1) is 13.8. The van der Waals surface area contributed by atoms with Gasteiger partial charge in [0.05, 0.1) is 10.0 Å². The molecule has 2 aromatic rings. The number of nitrogens with zero attached hydrogens (tertiary/aromatic N) is 1. The van der Waals surface area contributed by atoms with Gasteiger partial charge in [0.1, 0.15) is 11.9 Å². The Morgan fingerprint density at radius 3 is 2.90 bits per heavy atom. The summed E-state index contributed by atoms with van der Waals surface area (Å²) < 4.78 is 42.6. The van der Waals surface area contributed by atoms with Gasteiger partial charge in [-0.05, 0) is 54.8 Å². The fourth-order valence-electron chi connectivity index (χ4n) is 3.57. The minimum absolute atomic E-state index is 0.209. The molecule has 1 saturated heterocycles. The monoisotopic (exact) mass is 455 g/mol. The van der Waals surface area contributed by atoms with Crippen LogP contribution in [-0.4, -0.2) is 33.5 Å². The first-order valence-corrected chi connectivity index (χ1v) is 11.9. The lowest BCUT2D eigenvalue weighted by Crippen LogP contribution is -2.41. The molecule has 1 aromatic carbocycles. The van der Waals surface area contributed by atoms with Gasteiger partial charge in [-0.3, -0.25) is 4.79 Å². The van der Waals surface area contributed by atoms with E-state index in [1.165, 1.54) is 22.3 Å². The number of benzene rings is 1. The van der Waals surface area contributed by atoms with Gasteiger partial charge in [-0.1, -0.05) is 17.7 Å². The Hall–Kier alpha value is -1.78. The molecule has 1 unspecified atom stereocenters. The van der Waals surface area contributed by atoms with E-state index >= 15 is 0 Å². The highest BCUT2D eigenvalue weighted by molar-refractivity contribution is 7.92. The van der Waals surface area contributed by atoms with Crippen LogP contribution in [0.1, 0.15) is 22.4 Å². The van der Waals surface area contributed by atoms with E-state index in [9.17, 15) is 17.6 Å². The van der Waals surface area contributed by atoms with E-state index in [1.807, 2.05) is 6.07 Å². The molecule has 6 nitrogen and oxygen atoms in total. The first kappa shape index (κ1) is 20.5. The number of carbonyl (C=O) groups is 1. The molecule has 154 valence electrons. The van der Waals surface area contributed by atoms with Crippen LogP contribution in [0, 0.1) is 5.82 Å². The fraction of sp³-hybridized carbons (Fsp3) is 0.316. The van der Waals surface area contributed by atoms with Crippen LogP contribution in [0.2, 0.25) is 4.34 Å². The summed E-state index contributed by atoms with van der Waals surface area (Å²) in [4.78, 5) is 14.8. The van der Waals surface area contributed by atoms with Crippen molar-refractivity contribution >= 4 is 50.6 Å². The number of sulfonamides is 1. The van der Waals surface area contributed by atoms with Crippen molar-refractivity contribution < 1.29 is 17.6 Å². The van der Waals surface area contributed by atoms with Crippen molar-refractivity contribution in [2.75, 3.05) is 18.0 Å². The first-order valence-electron chi connectivity index (χ1n) is 9.12. The lowest BCUT2D eigenvalue weighted by molar-refractivity contribution is -0.118. The van der Waals surface area contributed by atoms with Crippen molar-refractivity contribution in [3.05, 3.63) is 55.8 Å². The van der Waals surface area contributed by atoms with Crippen molar-refractivity contribution in [2.24, 2.45) is 0 Å². The summed E-state index contributed by atoms with van der Waals surface area (Å²) in [5.74, 6) is -0.843. The number of hydrogen-bond donors (Lipinski definition) is 2. The van der Waals surface area contributed by atoms with Gasteiger partial charge in [-0.2, -0.15) is 4.72 Å². The van der Waals surface area contributed by atoms with Crippen molar-refractivity contribution in [3.8, 4) is 0 Å². The number of nitrogens with one attached hydrogen (secondary N) is 2. The SMILES string of the molecule is O=C1C(NS(=O)(=O)/C=C/c2ccc(Cl)s2)CCN1c1ccc2c(c1F)CCNC2. The van der Waals surface area contributed by atoms with E-state index in [1.54, 1.807) is 18.2 Å². The number of amides is 1. The van der Waals surface area contributed by atoms with Crippen LogP contribution < -0.4 is 14.9 Å². The second-order valence-electron chi connectivity index (χ2n) is 6.90. The molecule has 1 amide bonds. The molecule has 1 atom stereocenters. The molecule has 3 heterocycles. The van der Waals surface area contributed by atoms with Crippen LogP contribution in [0.5, 0.6) is 0 Å². The molecule has 0 bridgehead atoms. The highest BCUT2D eigenvalue weighted by atomic mass is 35.5. The third kappa shape index (κ3) is 4.39. The van der Waals surface area contributed by atoms with E-state index < -0.39 is 27.8 Å². The summed E-state index contributed by atoms with van der Waals surface area (Å²) in [6, 6.07) is 5.87. The topological polar surface area (TPSA) is 78.5 Å². The molecule has 2 N–H and O–H groups in total. The average Bonchev–Trinajstić information content (AvgIpc) is 3.27. The number of halogens is 2. The van der Waals surface area contributed by atoms with Crippen LogP contribution in [0.15, 0.2) is 29.7 Å². The number of fused-ring (bicyclic) bond motifs is 1. The van der Waals surface area contributed by atoms with Crippen molar-refractivity contribution in [3.63, 3.8) is 0 Å². The van der Waals surface area contributed by atoms with E-state index in [0.717, 1.165) is 11.0 Å². The number of rotatable bonds is 5. The zero-order valence-corrected chi connectivity index (χ0v) is 17.7. The van der Waals surface area contributed by atoms with Gasteiger partial charge < -0.3 is 10.2 Å². The Balaban J connectivity index is 1.48.